The van der Waals surface area contributed by atoms with Crippen LogP contribution in [0, 0.1) is 5.92 Å². The SMILES string of the molecule is CN=C(NCC(C)(C)NS(C)(=O)=O)N1CCC(CN2CCCC2)C1.I. The molecule has 2 aliphatic heterocycles. The Morgan fingerprint density at radius 1 is 1.24 bits per heavy atom. The number of likely N-dealkylation sites (tertiary alicyclic amines) is 2. The average molecular weight is 487 g/mol. The summed E-state index contributed by atoms with van der Waals surface area (Å²) >= 11 is 0. The Bertz CT molecular complexity index is 547. The van der Waals surface area contributed by atoms with Crippen LogP contribution < -0.4 is 10.0 Å². The summed E-state index contributed by atoms with van der Waals surface area (Å²) in [6.07, 6.45) is 5.05. The van der Waals surface area contributed by atoms with Crippen molar-refractivity contribution in [1.29, 1.82) is 0 Å². The minimum Gasteiger partial charge on any atom is -0.354 e. The number of hydrogen-bond donors (Lipinski definition) is 2. The van der Waals surface area contributed by atoms with Crippen molar-refractivity contribution in [2.75, 3.05) is 52.6 Å². The standard InChI is InChI=1S/C16H33N5O2S.HI/c1-16(2,19-24(4,22)23)13-18-15(17-3)21-10-7-14(12-21)11-20-8-5-6-9-20;/h14,19H,5-13H2,1-4H3,(H,17,18);1H. The van der Waals surface area contributed by atoms with Crippen LogP contribution in [0.3, 0.4) is 0 Å². The lowest BCUT2D eigenvalue weighted by atomic mass is 10.1. The van der Waals surface area contributed by atoms with Crippen molar-refractivity contribution < 1.29 is 8.42 Å². The maximum absolute atomic E-state index is 11.4. The van der Waals surface area contributed by atoms with E-state index in [0.29, 0.717) is 12.5 Å². The van der Waals surface area contributed by atoms with E-state index in [1.54, 1.807) is 7.05 Å². The second-order valence-corrected chi connectivity index (χ2v) is 9.52. The highest BCUT2D eigenvalue weighted by molar-refractivity contribution is 14.0. The summed E-state index contributed by atoms with van der Waals surface area (Å²) in [6.45, 7) is 9.95. The van der Waals surface area contributed by atoms with Crippen molar-refractivity contribution in [3.05, 3.63) is 0 Å². The van der Waals surface area contributed by atoms with E-state index in [4.69, 9.17) is 0 Å². The van der Waals surface area contributed by atoms with Gasteiger partial charge in [0.05, 0.1) is 6.26 Å². The predicted octanol–water partition coefficient (Wildman–Crippen LogP) is 0.925. The minimum atomic E-state index is -3.23. The molecule has 0 saturated carbocycles. The first-order valence-electron chi connectivity index (χ1n) is 8.85. The summed E-state index contributed by atoms with van der Waals surface area (Å²) in [5, 5.41) is 3.32. The third-order valence-corrected chi connectivity index (χ3v) is 5.59. The Labute approximate surface area is 170 Å². The Balaban J connectivity index is 0.00000312. The van der Waals surface area contributed by atoms with Crippen LogP contribution in [0.15, 0.2) is 4.99 Å². The van der Waals surface area contributed by atoms with Gasteiger partial charge in [-0.3, -0.25) is 4.99 Å². The van der Waals surface area contributed by atoms with Crippen molar-refractivity contribution in [3.8, 4) is 0 Å². The van der Waals surface area contributed by atoms with E-state index in [2.05, 4.69) is 24.8 Å². The molecule has 7 nitrogen and oxygen atoms in total. The Morgan fingerprint density at radius 3 is 2.44 bits per heavy atom. The summed E-state index contributed by atoms with van der Waals surface area (Å²) in [5.41, 5.74) is -0.557. The van der Waals surface area contributed by atoms with Gasteiger partial charge >= 0.3 is 0 Å². The molecule has 2 saturated heterocycles. The van der Waals surface area contributed by atoms with Gasteiger partial charge in [0.1, 0.15) is 0 Å². The Kier molecular flexibility index (Phi) is 8.89. The third-order valence-electron chi connectivity index (χ3n) is 4.66. The zero-order valence-corrected chi connectivity index (χ0v) is 19.1. The van der Waals surface area contributed by atoms with Crippen LogP contribution in [0.4, 0.5) is 0 Å². The molecule has 0 bridgehead atoms. The monoisotopic (exact) mass is 487 g/mol. The molecule has 2 rings (SSSR count). The van der Waals surface area contributed by atoms with Crippen molar-refractivity contribution in [3.63, 3.8) is 0 Å². The van der Waals surface area contributed by atoms with E-state index in [9.17, 15) is 8.42 Å². The van der Waals surface area contributed by atoms with E-state index < -0.39 is 15.6 Å². The van der Waals surface area contributed by atoms with Gasteiger partial charge in [-0.15, -0.1) is 24.0 Å². The molecule has 2 N–H and O–H groups in total. The number of sulfonamides is 1. The maximum atomic E-state index is 11.4. The van der Waals surface area contributed by atoms with Gasteiger partial charge < -0.3 is 15.1 Å². The number of nitrogens with zero attached hydrogens (tertiary/aromatic N) is 3. The molecule has 0 amide bonds. The van der Waals surface area contributed by atoms with Crippen LogP contribution in [0.25, 0.3) is 0 Å². The second kappa shape index (κ2) is 9.70. The molecular formula is C16H34IN5O2S. The number of guanidine groups is 1. The molecule has 1 unspecified atom stereocenters. The van der Waals surface area contributed by atoms with E-state index in [0.717, 1.165) is 19.0 Å². The van der Waals surface area contributed by atoms with Gasteiger partial charge in [0, 0.05) is 38.8 Å². The molecule has 2 aliphatic rings. The first kappa shape index (κ1) is 22.9. The van der Waals surface area contributed by atoms with Gasteiger partial charge in [-0.1, -0.05) is 0 Å². The lowest BCUT2D eigenvalue weighted by Gasteiger charge is -2.29. The molecule has 0 aromatic carbocycles. The zero-order valence-electron chi connectivity index (χ0n) is 15.9. The first-order valence-corrected chi connectivity index (χ1v) is 10.7. The number of hydrogen-bond acceptors (Lipinski definition) is 4. The van der Waals surface area contributed by atoms with Crippen LogP contribution >= 0.6 is 24.0 Å². The molecule has 2 heterocycles. The maximum Gasteiger partial charge on any atom is 0.209 e. The summed E-state index contributed by atoms with van der Waals surface area (Å²) in [7, 11) is -1.44. The molecule has 0 radical (unpaired) electrons. The van der Waals surface area contributed by atoms with E-state index in [1.165, 1.54) is 45.2 Å². The normalized spacial score (nSPS) is 23.0. The van der Waals surface area contributed by atoms with Crippen LogP contribution in [0.1, 0.15) is 33.1 Å². The zero-order chi connectivity index (χ0) is 17.8. The number of nitrogens with one attached hydrogen (secondary N) is 2. The molecule has 2 fully saturated rings. The largest absolute Gasteiger partial charge is 0.354 e. The van der Waals surface area contributed by atoms with Gasteiger partial charge in [0.15, 0.2) is 5.96 Å². The van der Waals surface area contributed by atoms with Gasteiger partial charge in [0.2, 0.25) is 10.0 Å². The molecule has 25 heavy (non-hydrogen) atoms. The summed E-state index contributed by atoms with van der Waals surface area (Å²) in [4.78, 5) is 9.24. The van der Waals surface area contributed by atoms with Crippen molar-refractivity contribution in [1.82, 2.24) is 19.8 Å². The fraction of sp³-hybridized carbons (Fsp3) is 0.938. The molecular weight excluding hydrogens is 453 g/mol. The summed E-state index contributed by atoms with van der Waals surface area (Å²) in [6, 6.07) is 0. The van der Waals surface area contributed by atoms with Gasteiger partial charge in [0.25, 0.3) is 0 Å². The number of aliphatic imine (C=N–C) groups is 1. The molecule has 0 aromatic rings. The highest BCUT2D eigenvalue weighted by Crippen LogP contribution is 2.20. The number of rotatable bonds is 6. The first-order chi connectivity index (χ1) is 11.2. The minimum absolute atomic E-state index is 0. The topological polar surface area (TPSA) is 77.0 Å². The van der Waals surface area contributed by atoms with E-state index >= 15 is 0 Å². The lowest BCUT2D eigenvalue weighted by Crippen LogP contribution is -2.53. The molecule has 0 aliphatic carbocycles. The fourth-order valence-electron chi connectivity index (χ4n) is 3.67. The molecule has 1 atom stereocenters. The van der Waals surface area contributed by atoms with Crippen LogP contribution in [0.2, 0.25) is 0 Å². The number of halogens is 1. The lowest BCUT2D eigenvalue weighted by molar-refractivity contribution is 0.281. The third kappa shape index (κ3) is 7.96. The smallest absolute Gasteiger partial charge is 0.209 e. The Morgan fingerprint density at radius 2 is 1.88 bits per heavy atom. The summed E-state index contributed by atoms with van der Waals surface area (Å²) in [5.74, 6) is 1.56. The Hall–Kier alpha value is -0.130. The van der Waals surface area contributed by atoms with Crippen LogP contribution in [0.5, 0.6) is 0 Å². The van der Waals surface area contributed by atoms with Gasteiger partial charge in [-0.05, 0) is 52.1 Å². The van der Waals surface area contributed by atoms with Gasteiger partial charge in [-0.2, -0.15) is 0 Å². The van der Waals surface area contributed by atoms with Crippen LogP contribution in [-0.2, 0) is 10.0 Å². The van der Waals surface area contributed by atoms with Crippen LogP contribution in [-0.4, -0.2) is 82.3 Å². The highest BCUT2D eigenvalue weighted by Gasteiger charge is 2.29. The van der Waals surface area contributed by atoms with Gasteiger partial charge in [-0.25, -0.2) is 13.1 Å². The van der Waals surface area contributed by atoms with E-state index in [1.807, 2.05) is 13.8 Å². The molecule has 0 spiro atoms. The van der Waals surface area contributed by atoms with Crippen molar-refractivity contribution >= 4 is 40.0 Å². The van der Waals surface area contributed by atoms with Crippen molar-refractivity contribution in [2.45, 2.75) is 38.6 Å². The summed E-state index contributed by atoms with van der Waals surface area (Å²) < 4.78 is 25.5. The van der Waals surface area contributed by atoms with E-state index in [-0.39, 0.29) is 24.0 Å². The molecule has 9 heteroatoms. The predicted molar refractivity (Wildman–Crippen MR) is 114 cm³/mol. The second-order valence-electron chi connectivity index (χ2n) is 7.77. The fourth-order valence-corrected chi connectivity index (χ4v) is 4.75. The van der Waals surface area contributed by atoms with Crippen molar-refractivity contribution in [2.24, 2.45) is 10.9 Å². The molecule has 0 aromatic heterocycles. The average Bonchev–Trinajstić information content (AvgIpc) is 3.09. The quantitative estimate of drug-likeness (QED) is 0.331. The molecule has 148 valence electrons. The highest BCUT2D eigenvalue weighted by atomic mass is 127.